The van der Waals surface area contributed by atoms with E-state index in [1.54, 1.807) is 0 Å². The van der Waals surface area contributed by atoms with Crippen LogP contribution in [0, 0.1) is 5.92 Å². The van der Waals surface area contributed by atoms with Crippen molar-refractivity contribution in [1.82, 2.24) is 5.32 Å². The molecule has 0 rings (SSSR count). The average Bonchev–Trinajstić information content (AvgIpc) is 2.03. The summed E-state index contributed by atoms with van der Waals surface area (Å²) in [6, 6.07) is 0.502. The monoisotopic (exact) mass is 172 g/mol. The van der Waals surface area contributed by atoms with Crippen molar-refractivity contribution in [2.24, 2.45) is 10.9 Å². The zero-order valence-corrected chi connectivity index (χ0v) is 8.34. The van der Waals surface area contributed by atoms with Gasteiger partial charge in [-0.3, -0.25) is 10.3 Å². The quantitative estimate of drug-likeness (QED) is 0.357. The smallest absolute Gasteiger partial charge is 0.0968 e. The van der Waals surface area contributed by atoms with E-state index in [-0.39, 0.29) is 0 Å². The molecule has 0 aromatic rings. The Morgan fingerprint density at radius 1 is 1.42 bits per heavy atom. The van der Waals surface area contributed by atoms with E-state index in [4.69, 9.17) is 4.74 Å². The number of aliphatic imine (C=N–C) groups is 1. The minimum absolute atomic E-state index is 0.502. The molecule has 0 fully saturated rings. The number of ether oxygens (including phenoxy) is 1. The maximum absolute atomic E-state index is 5.25. The molecule has 0 bridgehead atoms. The van der Waals surface area contributed by atoms with E-state index in [1.165, 1.54) is 0 Å². The number of hydrogen-bond donors (Lipinski definition) is 1. The molecule has 0 aromatic heterocycles. The summed E-state index contributed by atoms with van der Waals surface area (Å²) in [5.74, 6) is 0.645. The minimum Gasteiger partial charge on any atom is -0.364 e. The van der Waals surface area contributed by atoms with Crippen LogP contribution in [0.5, 0.6) is 0 Å². The lowest BCUT2D eigenvalue weighted by atomic mass is 10.1. The van der Waals surface area contributed by atoms with Crippen LogP contribution in [0.25, 0.3) is 0 Å². The Morgan fingerprint density at radius 2 is 2.08 bits per heavy atom. The summed E-state index contributed by atoms with van der Waals surface area (Å²) < 4.78 is 5.25. The molecule has 0 heterocycles. The summed E-state index contributed by atoms with van der Waals surface area (Å²) in [4.78, 5) is 3.68. The Kier molecular flexibility index (Phi) is 7.00. The Morgan fingerprint density at radius 3 is 2.58 bits per heavy atom. The molecule has 0 saturated carbocycles. The highest BCUT2D eigenvalue weighted by Gasteiger charge is 2.04. The van der Waals surface area contributed by atoms with E-state index in [0.717, 1.165) is 0 Å². The van der Waals surface area contributed by atoms with Crippen LogP contribution >= 0.6 is 0 Å². The molecule has 12 heavy (non-hydrogen) atoms. The van der Waals surface area contributed by atoms with E-state index >= 15 is 0 Å². The Labute approximate surface area is 75.2 Å². The predicted octanol–water partition coefficient (Wildman–Crippen LogP) is 1.30. The third-order valence-electron chi connectivity index (χ3n) is 1.90. The lowest BCUT2D eigenvalue weighted by molar-refractivity contribution is 0.111. The van der Waals surface area contributed by atoms with E-state index < -0.39 is 0 Å². The molecule has 0 aliphatic rings. The van der Waals surface area contributed by atoms with E-state index in [0.29, 0.717) is 31.8 Å². The number of rotatable bonds is 7. The maximum atomic E-state index is 5.25. The molecule has 0 radical (unpaired) electrons. The van der Waals surface area contributed by atoms with Crippen LogP contribution in [0.15, 0.2) is 4.99 Å². The second-order valence-corrected chi connectivity index (χ2v) is 3.24. The van der Waals surface area contributed by atoms with Crippen LogP contribution in [-0.2, 0) is 4.74 Å². The van der Waals surface area contributed by atoms with Gasteiger partial charge in [0.15, 0.2) is 0 Å². The van der Waals surface area contributed by atoms with Gasteiger partial charge in [-0.2, -0.15) is 0 Å². The molecular formula is C9H20N2O. The molecule has 0 spiro atoms. The second kappa shape index (κ2) is 7.25. The first-order valence-electron chi connectivity index (χ1n) is 4.42. The van der Waals surface area contributed by atoms with E-state index in [2.05, 4.69) is 37.8 Å². The molecule has 3 nitrogen and oxygen atoms in total. The highest BCUT2D eigenvalue weighted by Crippen LogP contribution is 1.98. The summed E-state index contributed by atoms with van der Waals surface area (Å²) in [6.07, 6.45) is 0. The Balaban J connectivity index is 3.13. The van der Waals surface area contributed by atoms with Crippen LogP contribution in [0.4, 0.5) is 0 Å². The molecule has 3 heteroatoms. The van der Waals surface area contributed by atoms with Crippen molar-refractivity contribution < 1.29 is 4.74 Å². The topological polar surface area (TPSA) is 33.6 Å². The zero-order chi connectivity index (χ0) is 9.40. The van der Waals surface area contributed by atoms with Crippen molar-refractivity contribution in [2.45, 2.75) is 26.8 Å². The molecule has 0 aromatic carbocycles. The molecular weight excluding hydrogens is 152 g/mol. The molecule has 0 aliphatic carbocycles. The summed E-state index contributed by atoms with van der Waals surface area (Å²) in [7, 11) is 0. The van der Waals surface area contributed by atoms with Gasteiger partial charge in [-0.25, -0.2) is 0 Å². The zero-order valence-electron chi connectivity index (χ0n) is 8.34. The van der Waals surface area contributed by atoms with E-state index in [1.807, 2.05) is 0 Å². The number of hydrogen-bond acceptors (Lipinski definition) is 3. The SMILES string of the molecule is C=NCCOCNC(C)C(C)C. The normalized spacial score (nSPS) is 13.3. The third-order valence-corrected chi connectivity index (χ3v) is 1.90. The average molecular weight is 172 g/mol. The largest absolute Gasteiger partial charge is 0.364 e. The van der Waals surface area contributed by atoms with Gasteiger partial charge in [0.05, 0.1) is 19.9 Å². The van der Waals surface area contributed by atoms with Crippen molar-refractivity contribution >= 4 is 6.72 Å². The molecule has 0 saturated heterocycles. The van der Waals surface area contributed by atoms with Crippen molar-refractivity contribution in [3.63, 3.8) is 0 Å². The summed E-state index contributed by atoms with van der Waals surface area (Å²) in [5.41, 5.74) is 0. The lowest BCUT2D eigenvalue weighted by Gasteiger charge is -2.16. The highest BCUT2D eigenvalue weighted by molar-refractivity contribution is 5.22. The van der Waals surface area contributed by atoms with Crippen LogP contribution in [0.1, 0.15) is 20.8 Å². The van der Waals surface area contributed by atoms with Crippen LogP contribution in [-0.4, -0.2) is 32.6 Å². The van der Waals surface area contributed by atoms with Gasteiger partial charge >= 0.3 is 0 Å². The summed E-state index contributed by atoms with van der Waals surface area (Å²) in [6.45, 7) is 11.8. The van der Waals surface area contributed by atoms with Gasteiger partial charge in [-0.05, 0) is 19.6 Å². The van der Waals surface area contributed by atoms with Crippen LogP contribution < -0.4 is 5.32 Å². The van der Waals surface area contributed by atoms with Gasteiger partial charge < -0.3 is 4.74 Å². The second-order valence-electron chi connectivity index (χ2n) is 3.24. The fourth-order valence-corrected chi connectivity index (χ4v) is 0.627. The van der Waals surface area contributed by atoms with E-state index in [9.17, 15) is 0 Å². The maximum Gasteiger partial charge on any atom is 0.0968 e. The molecule has 1 unspecified atom stereocenters. The number of nitrogens with one attached hydrogen (secondary N) is 1. The van der Waals surface area contributed by atoms with Gasteiger partial charge in [0.2, 0.25) is 0 Å². The fraction of sp³-hybridized carbons (Fsp3) is 0.889. The molecule has 0 aliphatic heterocycles. The molecule has 1 atom stereocenters. The molecule has 72 valence electrons. The first kappa shape index (κ1) is 11.6. The van der Waals surface area contributed by atoms with Gasteiger partial charge in [-0.1, -0.05) is 13.8 Å². The third kappa shape index (κ3) is 6.31. The number of nitrogens with zero attached hydrogens (tertiary/aromatic N) is 1. The minimum atomic E-state index is 0.502. The first-order chi connectivity index (χ1) is 5.68. The summed E-state index contributed by atoms with van der Waals surface area (Å²) >= 11 is 0. The van der Waals surface area contributed by atoms with Gasteiger partial charge in [-0.15, -0.1) is 0 Å². The first-order valence-corrected chi connectivity index (χ1v) is 4.42. The van der Waals surface area contributed by atoms with Gasteiger partial charge in [0, 0.05) is 6.04 Å². The summed E-state index contributed by atoms with van der Waals surface area (Å²) in [5, 5.41) is 3.26. The Hall–Kier alpha value is -0.410. The fourth-order valence-electron chi connectivity index (χ4n) is 0.627. The van der Waals surface area contributed by atoms with Crippen LogP contribution in [0.3, 0.4) is 0 Å². The highest BCUT2D eigenvalue weighted by atomic mass is 16.5. The van der Waals surface area contributed by atoms with Crippen molar-refractivity contribution in [1.29, 1.82) is 0 Å². The van der Waals surface area contributed by atoms with Crippen LogP contribution in [0.2, 0.25) is 0 Å². The molecule has 1 N–H and O–H groups in total. The van der Waals surface area contributed by atoms with Crippen molar-refractivity contribution in [3.05, 3.63) is 0 Å². The molecule has 0 amide bonds. The standard InChI is InChI=1S/C9H20N2O/c1-8(2)9(3)11-7-12-6-5-10-4/h8-9,11H,4-7H2,1-3H3. The van der Waals surface area contributed by atoms with Crippen molar-refractivity contribution in [3.8, 4) is 0 Å². The van der Waals surface area contributed by atoms with Gasteiger partial charge in [0.1, 0.15) is 0 Å². The Bertz CT molecular complexity index is 115. The van der Waals surface area contributed by atoms with Gasteiger partial charge in [0.25, 0.3) is 0 Å². The predicted molar refractivity (Wildman–Crippen MR) is 52.7 cm³/mol. The lowest BCUT2D eigenvalue weighted by Crippen LogP contribution is -2.32. The van der Waals surface area contributed by atoms with Crippen molar-refractivity contribution in [2.75, 3.05) is 19.9 Å².